The van der Waals surface area contributed by atoms with E-state index in [1.54, 1.807) is 0 Å². The Morgan fingerprint density at radius 3 is 2.12 bits per heavy atom. The van der Waals surface area contributed by atoms with Crippen LogP contribution in [0.1, 0.15) is 5.56 Å². The number of alkyl halides is 2. The summed E-state index contributed by atoms with van der Waals surface area (Å²) < 4.78 is 66.9. The van der Waals surface area contributed by atoms with Crippen LogP contribution in [-0.2, 0) is 10.8 Å². The quantitative estimate of drug-likeness (QED) is 0.474. The lowest BCUT2D eigenvalue weighted by molar-refractivity contribution is -0.207. The smallest absolute Gasteiger partial charge is 0.402 e. The van der Waals surface area contributed by atoms with Crippen molar-refractivity contribution in [2.75, 3.05) is 0 Å². The van der Waals surface area contributed by atoms with E-state index in [9.17, 15) is 22.0 Å². The Kier molecular flexibility index (Phi) is 3.51. The molecule has 0 fully saturated rings. The molecule has 0 aliphatic carbocycles. The number of hydrogen-bond acceptors (Lipinski definition) is 3. The van der Waals surface area contributed by atoms with E-state index in [-0.39, 0.29) is 12.1 Å². The van der Waals surface area contributed by atoms with Crippen LogP contribution < -0.4 is 0 Å². The zero-order valence-electron chi connectivity index (χ0n) is 7.42. The highest BCUT2D eigenvalue weighted by molar-refractivity contribution is 6.32. The molecule has 0 radical (unpaired) electrons. The molecule has 0 bridgehead atoms. The molecule has 0 aromatic heterocycles. The molecule has 0 unspecified atom stereocenters. The Balaban J connectivity index is 3.18. The predicted octanol–water partition coefficient (Wildman–Crippen LogP) is 1.14. The van der Waals surface area contributed by atoms with Gasteiger partial charge in [0.1, 0.15) is 0 Å². The third kappa shape index (κ3) is 2.49. The first-order valence-corrected chi connectivity index (χ1v) is 3.81. The second kappa shape index (κ2) is 4.36. The molecule has 1 rings (SSSR count). The fourth-order valence-electron chi connectivity index (χ4n) is 0.947. The van der Waals surface area contributed by atoms with Crippen molar-refractivity contribution in [3.63, 3.8) is 0 Å². The van der Waals surface area contributed by atoms with Gasteiger partial charge in [-0.15, -0.1) is 0 Å². The van der Waals surface area contributed by atoms with E-state index in [0.717, 1.165) is 0 Å². The molecule has 88 valence electrons. The molecule has 1 aromatic rings. The summed E-state index contributed by atoms with van der Waals surface area (Å²) in [4.78, 5) is 0. The number of rotatable bonds is 3. The van der Waals surface area contributed by atoms with Gasteiger partial charge in [0.05, 0.1) is 5.56 Å². The fourth-order valence-corrected chi connectivity index (χ4v) is 0.947. The highest BCUT2D eigenvalue weighted by atomic mass is 19.3. The molecular weight excluding hydrogens is 238 g/mol. The molecular formula is C7H4BF5O3. The molecule has 9 heteroatoms. The second-order valence-electron chi connectivity index (χ2n) is 2.68. The van der Waals surface area contributed by atoms with Crippen molar-refractivity contribution in [1.29, 1.82) is 0 Å². The molecule has 2 N–H and O–H groups in total. The van der Waals surface area contributed by atoms with Gasteiger partial charge in [0, 0.05) is 0 Å². The first kappa shape index (κ1) is 12.9. The van der Waals surface area contributed by atoms with Gasteiger partial charge in [0.15, 0.2) is 17.5 Å². The number of hydrogen-bond donors (Lipinski definition) is 2. The predicted molar refractivity (Wildman–Crippen MR) is 41.5 cm³/mol. The van der Waals surface area contributed by atoms with E-state index in [1.165, 1.54) is 0 Å². The second-order valence-corrected chi connectivity index (χ2v) is 2.68. The van der Waals surface area contributed by atoms with Gasteiger partial charge in [0.2, 0.25) is 0 Å². The molecule has 1 aromatic carbocycles. The molecule has 3 nitrogen and oxygen atoms in total. The summed E-state index contributed by atoms with van der Waals surface area (Å²) in [5.41, 5.74) is -1.64. The number of halogens is 5. The normalized spacial score (nSPS) is 11.7. The summed E-state index contributed by atoms with van der Waals surface area (Å²) in [5, 5.41) is 16.3. The maximum absolute atomic E-state index is 12.9. The fraction of sp³-hybridized carbons (Fsp3) is 0.143. The highest BCUT2D eigenvalue weighted by Gasteiger charge is 2.41. The van der Waals surface area contributed by atoms with E-state index in [0.29, 0.717) is 0 Å². The molecule has 0 atom stereocenters. The Morgan fingerprint density at radius 1 is 1.06 bits per heavy atom. The molecule has 0 heterocycles. The van der Waals surface area contributed by atoms with Crippen LogP contribution >= 0.6 is 0 Å². The standard InChI is InChI=1S/C7H4BF5O3/c9-4-2-1-3(5(10)6(4)11)7(12,13)16-8(14)15/h1-2,14-15H. The molecule has 0 aliphatic rings. The zero-order chi connectivity index (χ0) is 12.5. The van der Waals surface area contributed by atoms with Crippen LogP contribution in [0, 0.1) is 17.5 Å². The van der Waals surface area contributed by atoms with E-state index < -0.39 is 36.4 Å². The Hall–Kier alpha value is -1.19. The van der Waals surface area contributed by atoms with Crippen molar-refractivity contribution in [3.05, 3.63) is 35.1 Å². The lowest BCUT2D eigenvalue weighted by Crippen LogP contribution is -2.30. The molecule has 0 saturated carbocycles. The maximum atomic E-state index is 12.9. The van der Waals surface area contributed by atoms with Gasteiger partial charge in [-0.1, -0.05) is 0 Å². The van der Waals surface area contributed by atoms with Gasteiger partial charge in [0.25, 0.3) is 0 Å². The molecule has 0 aliphatic heterocycles. The molecule has 0 spiro atoms. The maximum Gasteiger partial charge on any atom is 0.638 e. The zero-order valence-corrected chi connectivity index (χ0v) is 7.42. The van der Waals surface area contributed by atoms with Crippen LogP contribution in [0.5, 0.6) is 0 Å². The minimum absolute atomic E-state index is 0.232. The van der Waals surface area contributed by atoms with Crippen LogP contribution in [0.3, 0.4) is 0 Å². The topological polar surface area (TPSA) is 49.7 Å². The first-order valence-electron chi connectivity index (χ1n) is 3.81. The largest absolute Gasteiger partial charge is 0.638 e. The summed E-state index contributed by atoms with van der Waals surface area (Å²) in [5.74, 6) is -5.92. The van der Waals surface area contributed by atoms with Crippen LogP contribution in [0.15, 0.2) is 12.1 Å². The highest BCUT2D eigenvalue weighted by Crippen LogP contribution is 2.32. The summed E-state index contributed by atoms with van der Waals surface area (Å²) in [6.07, 6.45) is -4.49. The Bertz CT molecular complexity index is 398. The van der Waals surface area contributed by atoms with Gasteiger partial charge >= 0.3 is 13.4 Å². The Labute approximate surface area is 86.3 Å². The van der Waals surface area contributed by atoms with Crippen molar-refractivity contribution >= 4 is 7.32 Å². The molecule has 16 heavy (non-hydrogen) atoms. The molecule has 0 amide bonds. The van der Waals surface area contributed by atoms with E-state index in [1.807, 2.05) is 0 Å². The van der Waals surface area contributed by atoms with E-state index in [2.05, 4.69) is 4.65 Å². The van der Waals surface area contributed by atoms with Crippen LogP contribution in [-0.4, -0.2) is 17.4 Å². The Morgan fingerprint density at radius 2 is 1.62 bits per heavy atom. The van der Waals surface area contributed by atoms with Crippen LogP contribution in [0.25, 0.3) is 0 Å². The average molecular weight is 242 g/mol. The number of benzene rings is 1. The van der Waals surface area contributed by atoms with Gasteiger partial charge in [-0.05, 0) is 12.1 Å². The van der Waals surface area contributed by atoms with E-state index in [4.69, 9.17) is 10.0 Å². The van der Waals surface area contributed by atoms with Gasteiger partial charge < -0.3 is 14.7 Å². The minimum Gasteiger partial charge on any atom is -0.402 e. The summed E-state index contributed by atoms with van der Waals surface area (Å²) >= 11 is 0. The summed E-state index contributed by atoms with van der Waals surface area (Å²) in [6, 6.07) is 0.491. The van der Waals surface area contributed by atoms with Gasteiger partial charge in [-0.2, -0.15) is 8.78 Å². The van der Waals surface area contributed by atoms with E-state index >= 15 is 0 Å². The minimum atomic E-state index is -4.49. The lowest BCUT2D eigenvalue weighted by Gasteiger charge is -2.17. The van der Waals surface area contributed by atoms with Crippen molar-refractivity contribution in [2.45, 2.75) is 6.11 Å². The van der Waals surface area contributed by atoms with Crippen molar-refractivity contribution in [1.82, 2.24) is 0 Å². The third-order valence-corrected chi connectivity index (χ3v) is 1.60. The van der Waals surface area contributed by atoms with Gasteiger partial charge in [-0.3, -0.25) is 0 Å². The van der Waals surface area contributed by atoms with Crippen molar-refractivity contribution in [3.8, 4) is 0 Å². The average Bonchev–Trinajstić information content (AvgIpc) is 2.11. The van der Waals surface area contributed by atoms with Crippen LogP contribution in [0.4, 0.5) is 22.0 Å². The third-order valence-electron chi connectivity index (χ3n) is 1.60. The van der Waals surface area contributed by atoms with Crippen molar-refractivity contribution < 1.29 is 36.7 Å². The van der Waals surface area contributed by atoms with Gasteiger partial charge in [-0.25, -0.2) is 13.2 Å². The summed E-state index contributed by atoms with van der Waals surface area (Å²) in [7, 11) is -2.89. The summed E-state index contributed by atoms with van der Waals surface area (Å²) in [6.45, 7) is 0. The van der Waals surface area contributed by atoms with Crippen LogP contribution in [0.2, 0.25) is 0 Å². The van der Waals surface area contributed by atoms with Crippen molar-refractivity contribution in [2.24, 2.45) is 0 Å². The monoisotopic (exact) mass is 242 g/mol. The lowest BCUT2D eigenvalue weighted by atomic mass is 10.1. The SMILES string of the molecule is OB(O)OC(F)(F)c1ccc(F)c(F)c1F. The first-order chi connectivity index (χ1) is 7.25. The molecule has 0 saturated heterocycles.